The Balaban J connectivity index is 2.47. The van der Waals surface area contributed by atoms with Crippen LogP contribution in [0.1, 0.15) is 25.1 Å². The Morgan fingerprint density at radius 2 is 2.27 bits per heavy atom. The molecule has 0 radical (unpaired) electrons. The Hall–Kier alpha value is -1.93. The molecule has 0 spiro atoms. The monoisotopic (exact) mass is 201 g/mol. The van der Waals surface area contributed by atoms with Gasteiger partial charge in [-0.15, -0.1) is 0 Å². The van der Waals surface area contributed by atoms with Crippen molar-refractivity contribution < 1.29 is 4.42 Å². The van der Waals surface area contributed by atoms with Crippen LogP contribution in [0.15, 0.2) is 39.9 Å². The summed E-state index contributed by atoms with van der Waals surface area (Å²) in [6, 6.07) is 9.48. The second-order valence-corrected chi connectivity index (χ2v) is 3.32. The molecule has 0 aliphatic rings. The maximum Gasteiger partial charge on any atom is 0.134 e. The van der Waals surface area contributed by atoms with Crippen LogP contribution in [0.3, 0.4) is 0 Å². The first-order chi connectivity index (χ1) is 7.35. The SMILES string of the molecule is CCC(N=[N+]=[N-])c1cc2ccccc2o1. The highest BCUT2D eigenvalue weighted by Gasteiger charge is 2.12. The van der Waals surface area contributed by atoms with Gasteiger partial charge in [0.1, 0.15) is 11.3 Å². The minimum absolute atomic E-state index is 0.206. The summed E-state index contributed by atoms with van der Waals surface area (Å²) in [6.45, 7) is 1.96. The van der Waals surface area contributed by atoms with Gasteiger partial charge in [-0.25, -0.2) is 0 Å². The summed E-state index contributed by atoms with van der Waals surface area (Å²) in [7, 11) is 0. The number of rotatable bonds is 3. The van der Waals surface area contributed by atoms with Gasteiger partial charge in [0.2, 0.25) is 0 Å². The first kappa shape index (κ1) is 9.62. The van der Waals surface area contributed by atoms with E-state index < -0.39 is 0 Å². The molecular weight excluding hydrogens is 190 g/mol. The lowest BCUT2D eigenvalue weighted by Gasteiger charge is -2.01. The van der Waals surface area contributed by atoms with E-state index in [1.807, 2.05) is 37.3 Å². The Kier molecular flexibility index (Phi) is 2.61. The maximum absolute atomic E-state index is 8.42. The van der Waals surface area contributed by atoms with E-state index in [2.05, 4.69) is 10.0 Å². The van der Waals surface area contributed by atoms with Gasteiger partial charge in [-0.3, -0.25) is 0 Å². The third-order valence-corrected chi connectivity index (χ3v) is 2.35. The van der Waals surface area contributed by atoms with E-state index in [0.29, 0.717) is 0 Å². The first-order valence-electron chi connectivity index (χ1n) is 4.88. The lowest BCUT2D eigenvalue weighted by atomic mass is 10.1. The lowest BCUT2D eigenvalue weighted by Crippen LogP contribution is -1.88. The van der Waals surface area contributed by atoms with Gasteiger partial charge in [-0.05, 0) is 24.1 Å². The van der Waals surface area contributed by atoms with Crippen LogP contribution in [0, 0.1) is 0 Å². The highest BCUT2D eigenvalue weighted by atomic mass is 16.3. The molecule has 1 aromatic heterocycles. The van der Waals surface area contributed by atoms with Crippen molar-refractivity contribution >= 4 is 11.0 Å². The van der Waals surface area contributed by atoms with Crippen LogP contribution in [0.25, 0.3) is 21.4 Å². The molecule has 2 aromatic rings. The van der Waals surface area contributed by atoms with Crippen LogP contribution in [0.2, 0.25) is 0 Å². The summed E-state index contributed by atoms with van der Waals surface area (Å²) in [5, 5.41) is 4.74. The van der Waals surface area contributed by atoms with Crippen molar-refractivity contribution in [3.8, 4) is 0 Å². The molecule has 0 aliphatic carbocycles. The first-order valence-corrected chi connectivity index (χ1v) is 4.88. The van der Waals surface area contributed by atoms with Crippen molar-refractivity contribution in [2.45, 2.75) is 19.4 Å². The molecule has 0 saturated heterocycles. The summed E-state index contributed by atoms with van der Waals surface area (Å²) in [6.07, 6.45) is 0.740. The van der Waals surface area contributed by atoms with Gasteiger partial charge in [0.15, 0.2) is 0 Å². The van der Waals surface area contributed by atoms with Crippen molar-refractivity contribution in [3.63, 3.8) is 0 Å². The zero-order chi connectivity index (χ0) is 10.7. The largest absolute Gasteiger partial charge is 0.461 e. The summed E-state index contributed by atoms with van der Waals surface area (Å²) >= 11 is 0. The molecule has 0 bridgehead atoms. The predicted molar refractivity (Wildman–Crippen MR) is 58.4 cm³/mol. The molecule has 2 rings (SSSR count). The maximum atomic E-state index is 8.42. The van der Waals surface area contributed by atoms with Gasteiger partial charge in [0.05, 0.1) is 6.04 Å². The van der Waals surface area contributed by atoms with Gasteiger partial charge in [-0.1, -0.05) is 30.2 Å². The van der Waals surface area contributed by atoms with E-state index in [4.69, 9.17) is 9.95 Å². The Labute approximate surface area is 87.1 Å². The number of hydrogen-bond acceptors (Lipinski definition) is 2. The minimum atomic E-state index is -0.206. The molecule has 1 heterocycles. The number of azide groups is 1. The lowest BCUT2D eigenvalue weighted by molar-refractivity contribution is 0.487. The quantitative estimate of drug-likeness (QED) is 0.417. The number of para-hydroxylation sites is 1. The number of fused-ring (bicyclic) bond motifs is 1. The molecule has 0 amide bonds. The molecule has 4 nitrogen and oxygen atoms in total. The molecule has 1 unspecified atom stereocenters. The van der Waals surface area contributed by atoms with Gasteiger partial charge >= 0.3 is 0 Å². The van der Waals surface area contributed by atoms with Crippen molar-refractivity contribution in [3.05, 3.63) is 46.5 Å². The van der Waals surface area contributed by atoms with Gasteiger partial charge in [0.25, 0.3) is 0 Å². The molecular formula is C11H11N3O. The van der Waals surface area contributed by atoms with Gasteiger partial charge < -0.3 is 4.42 Å². The van der Waals surface area contributed by atoms with Gasteiger partial charge in [-0.2, -0.15) is 0 Å². The van der Waals surface area contributed by atoms with E-state index in [1.165, 1.54) is 0 Å². The molecule has 1 atom stereocenters. The Morgan fingerprint density at radius 3 is 2.93 bits per heavy atom. The Morgan fingerprint density at radius 1 is 1.47 bits per heavy atom. The molecule has 76 valence electrons. The van der Waals surface area contributed by atoms with E-state index in [9.17, 15) is 0 Å². The highest BCUT2D eigenvalue weighted by molar-refractivity contribution is 5.77. The summed E-state index contributed by atoms with van der Waals surface area (Å²) in [5.41, 5.74) is 9.25. The molecule has 15 heavy (non-hydrogen) atoms. The fraction of sp³-hybridized carbons (Fsp3) is 0.273. The van der Waals surface area contributed by atoms with Crippen LogP contribution >= 0.6 is 0 Å². The smallest absolute Gasteiger partial charge is 0.134 e. The fourth-order valence-electron chi connectivity index (χ4n) is 1.57. The predicted octanol–water partition coefficient (Wildman–Crippen LogP) is 4.19. The fourth-order valence-corrected chi connectivity index (χ4v) is 1.57. The summed E-state index contributed by atoms with van der Waals surface area (Å²) in [5.74, 6) is 0.733. The highest BCUT2D eigenvalue weighted by Crippen LogP contribution is 2.27. The average Bonchev–Trinajstić information content (AvgIpc) is 2.69. The molecule has 1 aromatic carbocycles. The zero-order valence-corrected chi connectivity index (χ0v) is 8.42. The number of benzene rings is 1. The minimum Gasteiger partial charge on any atom is -0.461 e. The van der Waals surface area contributed by atoms with Crippen LogP contribution in [-0.2, 0) is 0 Å². The third-order valence-electron chi connectivity index (χ3n) is 2.35. The summed E-state index contributed by atoms with van der Waals surface area (Å²) < 4.78 is 5.61. The van der Waals surface area contributed by atoms with Crippen molar-refractivity contribution in [2.24, 2.45) is 5.11 Å². The van der Waals surface area contributed by atoms with Crippen LogP contribution in [-0.4, -0.2) is 0 Å². The van der Waals surface area contributed by atoms with Crippen molar-refractivity contribution in [2.75, 3.05) is 0 Å². The standard InChI is InChI=1S/C11H11N3O/c1-2-9(13-14-12)11-7-8-5-3-4-6-10(8)15-11/h3-7,9H,2H2,1H3. The number of nitrogens with zero attached hydrogens (tertiary/aromatic N) is 3. The number of furan rings is 1. The van der Waals surface area contributed by atoms with E-state index >= 15 is 0 Å². The van der Waals surface area contributed by atoms with Crippen molar-refractivity contribution in [1.82, 2.24) is 0 Å². The van der Waals surface area contributed by atoms with E-state index in [0.717, 1.165) is 23.2 Å². The topological polar surface area (TPSA) is 61.9 Å². The molecule has 0 saturated carbocycles. The van der Waals surface area contributed by atoms with Gasteiger partial charge in [0, 0.05) is 10.3 Å². The van der Waals surface area contributed by atoms with Crippen LogP contribution < -0.4 is 0 Å². The zero-order valence-electron chi connectivity index (χ0n) is 8.42. The summed E-state index contributed by atoms with van der Waals surface area (Å²) in [4.78, 5) is 2.82. The van der Waals surface area contributed by atoms with Crippen LogP contribution in [0.4, 0.5) is 0 Å². The second kappa shape index (κ2) is 4.07. The molecule has 0 fully saturated rings. The molecule has 4 heteroatoms. The normalized spacial score (nSPS) is 12.3. The van der Waals surface area contributed by atoms with E-state index in [-0.39, 0.29) is 6.04 Å². The average molecular weight is 201 g/mol. The molecule has 0 aliphatic heterocycles. The molecule has 0 N–H and O–H groups in total. The number of hydrogen-bond donors (Lipinski definition) is 0. The van der Waals surface area contributed by atoms with Crippen molar-refractivity contribution in [1.29, 1.82) is 0 Å². The Bertz CT molecular complexity index is 478. The second-order valence-electron chi connectivity index (χ2n) is 3.32. The van der Waals surface area contributed by atoms with Crippen LogP contribution in [0.5, 0.6) is 0 Å². The third kappa shape index (κ3) is 1.80. The van der Waals surface area contributed by atoms with E-state index in [1.54, 1.807) is 0 Å².